The molecule has 0 fully saturated rings. The van der Waals surface area contributed by atoms with Crippen LogP contribution in [0.25, 0.3) is 11.0 Å². The van der Waals surface area contributed by atoms with Crippen LogP contribution in [0.15, 0.2) is 88.3 Å². The number of benzene rings is 3. The van der Waals surface area contributed by atoms with E-state index in [4.69, 9.17) is 4.42 Å². The summed E-state index contributed by atoms with van der Waals surface area (Å²) in [5.41, 5.74) is 5.70. The summed E-state index contributed by atoms with van der Waals surface area (Å²) in [5, 5.41) is 0.609. The molecular weight excluding hydrogens is 420 g/mol. The number of hydrogen-bond acceptors (Lipinski definition) is 4. The minimum Gasteiger partial charge on any atom is -0.464 e. The molecule has 0 saturated carbocycles. The van der Waals surface area contributed by atoms with Gasteiger partial charge in [0.1, 0.15) is 5.58 Å². The Morgan fingerprint density at radius 2 is 1.15 bits per heavy atom. The zero-order chi connectivity index (χ0) is 24.4. The van der Waals surface area contributed by atoms with Gasteiger partial charge in [0.25, 0.3) is 0 Å². The van der Waals surface area contributed by atoms with Crippen LogP contribution in [-0.4, -0.2) is 26.2 Å². The minimum absolute atomic E-state index is 0.0126. The maximum Gasteiger partial charge on any atom is 0.196 e. The van der Waals surface area contributed by atoms with E-state index in [0.717, 1.165) is 22.5 Å². The molecule has 4 aromatic rings. The Hall–Kier alpha value is -3.53. The zero-order valence-electron chi connectivity index (χ0n) is 20.9. The third-order valence-corrected chi connectivity index (χ3v) is 6.83. The Bertz CT molecular complexity index is 1250. The summed E-state index contributed by atoms with van der Waals surface area (Å²) in [4.78, 5) is 18.0. The van der Waals surface area contributed by atoms with Gasteiger partial charge in [-0.15, -0.1) is 0 Å². The molecule has 34 heavy (non-hydrogen) atoms. The van der Waals surface area contributed by atoms with Crippen molar-refractivity contribution in [3.05, 3.63) is 106 Å². The fraction of sp³-hybridized carbons (Fsp3) is 0.300. The van der Waals surface area contributed by atoms with Gasteiger partial charge in [-0.3, -0.25) is 4.79 Å². The van der Waals surface area contributed by atoms with Crippen molar-refractivity contribution in [2.75, 3.05) is 23.9 Å². The lowest BCUT2D eigenvalue weighted by Gasteiger charge is -2.26. The highest BCUT2D eigenvalue weighted by molar-refractivity contribution is 5.77. The van der Waals surface area contributed by atoms with E-state index in [1.165, 1.54) is 0 Å². The van der Waals surface area contributed by atoms with Crippen molar-refractivity contribution < 1.29 is 4.42 Å². The van der Waals surface area contributed by atoms with Crippen molar-refractivity contribution in [2.24, 2.45) is 0 Å². The third-order valence-electron chi connectivity index (χ3n) is 6.83. The van der Waals surface area contributed by atoms with Gasteiger partial charge in [0.2, 0.25) is 0 Å². The molecule has 0 aliphatic carbocycles. The van der Waals surface area contributed by atoms with Gasteiger partial charge in [-0.05, 0) is 75.2 Å². The van der Waals surface area contributed by atoms with E-state index in [9.17, 15) is 4.79 Å². The predicted molar refractivity (Wildman–Crippen MR) is 143 cm³/mol. The standard InChI is InChI=1S/C30H34N2O2/c1-20(2)31(5)24-15-11-22(12-16-24)29(23-13-17-25(18-14-23)32(6)21(3)4)27-19-34-28-10-8-7-9-26(28)30(27)33/h7-21,29H,1-6H3. The Labute approximate surface area is 202 Å². The average Bonchev–Trinajstić information content (AvgIpc) is 2.85. The van der Waals surface area contributed by atoms with E-state index in [2.05, 4.69) is 100 Å². The zero-order valence-corrected chi connectivity index (χ0v) is 20.9. The summed E-state index contributed by atoms with van der Waals surface area (Å²) in [6, 6.07) is 25.3. The molecule has 0 aliphatic rings. The molecule has 0 radical (unpaired) electrons. The van der Waals surface area contributed by atoms with Gasteiger partial charge in [-0.1, -0.05) is 36.4 Å². The van der Waals surface area contributed by atoms with Crippen LogP contribution >= 0.6 is 0 Å². The summed E-state index contributed by atoms with van der Waals surface area (Å²) in [5.74, 6) is -0.224. The molecule has 0 bridgehead atoms. The molecule has 0 amide bonds. The normalized spacial score (nSPS) is 11.6. The first-order chi connectivity index (χ1) is 16.3. The molecule has 0 N–H and O–H groups in total. The van der Waals surface area contributed by atoms with Crippen molar-refractivity contribution in [1.29, 1.82) is 0 Å². The molecule has 0 spiro atoms. The summed E-state index contributed by atoms with van der Waals surface area (Å²) in [6.45, 7) is 8.69. The summed E-state index contributed by atoms with van der Waals surface area (Å²) in [6.07, 6.45) is 1.64. The van der Waals surface area contributed by atoms with Crippen molar-refractivity contribution in [1.82, 2.24) is 0 Å². The van der Waals surface area contributed by atoms with E-state index < -0.39 is 0 Å². The van der Waals surface area contributed by atoms with Gasteiger partial charge in [0.15, 0.2) is 5.43 Å². The molecule has 3 aromatic carbocycles. The first-order valence-electron chi connectivity index (χ1n) is 11.9. The van der Waals surface area contributed by atoms with Crippen LogP contribution in [0.5, 0.6) is 0 Å². The molecule has 0 aliphatic heterocycles. The smallest absolute Gasteiger partial charge is 0.196 e. The third kappa shape index (κ3) is 4.58. The molecular formula is C30H34N2O2. The topological polar surface area (TPSA) is 36.7 Å². The van der Waals surface area contributed by atoms with Crippen LogP contribution in [0.3, 0.4) is 0 Å². The maximum atomic E-state index is 13.6. The maximum absolute atomic E-state index is 13.6. The molecule has 1 aromatic heterocycles. The number of hydrogen-bond donors (Lipinski definition) is 0. The summed E-state index contributed by atoms with van der Waals surface area (Å²) in [7, 11) is 4.19. The van der Waals surface area contributed by atoms with Gasteiger partial charge in [0, 0.05) is 49.0 Å². The van der Waals surface area contributed by atoms with Crippen LogP contribution < -0.4 is 15.2 Å². The molecule has 4 heteroatoms. The molecule has 176 valence electrons. The average molecular weight is 455 g/mol. The van der Waals surface area contributed by atoms with Crippen molar-refractivity contribution in [2.45, 2.75) is 45.7 Å². The lowest BCUT2D eigenvalue weighted by Crippen LogP contribution is -2.25. The van der Waals surface area contributed by atoms with Crippen LogP contribution in [0.4, 0.5) is 11.4 Å². The van der Waals surface area contributed by atoms with E-state index in [0.29, 0.717) is 28.6 Å². The number of para-hydroxylation sites is 1. The van der Waals surface area contributed by atoms with Crippen molar-refractivity contribution in [3.63, 3.8) is 0 Å². The fourth-order valence-corrected chi connectivity index (χ4v) is 4.24. The molecule has 1 heterocycles. The number of fused-ring (bicyclic) bond motifs is 1. The molecule has 0 unspecified atom stereocenters. The van der Waals surface area contributed by atoms with E-state index in [-0.39, 0.29) is 11.3 Å². The van der Waals surface area contributed by atoms with Crippen LogP contribution in [0.1, 0.15) is 50.3 Å². The van der Waals surface area contributed by atoms with Gasteiger partial charge < -0.3 is 14.2 Å². The second kappa shape index (κ2) is 9.76. The molecule has 0 saturated heterocycles. The van der Waals surface area contributed by atoms with E-state index >= 15 is 0 Å². The Balaban J connectivity index is 1.84. The summed E-state index contributed by atoms with van der Waals surface area (Å²) >= 11 is 0. The highest BCUT2D eigenvalue weighted by atomic mass is 16.3. The molecule has 4 nitrogen and oxygen atoms in total. The minimum atomic E-state index is -0.224. The first kappa shape index (κ1) is 23.6. The largest absolute Gasteiger partial charge is 0.464 e. The summed E-state index contributed by atoms with van der Waals surface area (Å²) < 4.78 is 5.92. The van der Waals surface area contributed by atoms with Crippen molar-refractivity contribution in [3.8, 4) is 0 Å². The van der Waals surface area contributed by atoms with Crippen LogP contribution in [0, 0.1) is 0 Å². The van der Waals surface area contributed by atoms with Crippen LogP contribution in [0.2, 0.25) is 0 Å². The van der Waals surface area contributed by atoms with Gasteiger partial charge in [-0.25, -0.2) is 0 Å². The number of nitrogens with zero attached hydrogens (tertiary/aromatic N) is 2. The first-order valence-corrected chi connectivity index (χ1v) is 11.9. The van der Waals surface area contributed by atoms with Gasteiger partial charge in [0.05, 0.1) is 11.6 Å². The number of anilines is 2. The van der Waals surface area contributed by atoms with E-state index in [1.807, 2.05) is 24.3 Å². The SMILES string of the molecule is CC(C)N(C)c1ccc(C(c2ccc(N(C)C(C)C)cc2)c2coc3ccccc3c2=O)cc1. The van der Waals surface area contributed by atoms with Crippen LogP contribution in [-0.2, 0) is 0 Å². The fourth-order valence-electron chi connectivity index (χ4n) is 4.24. The Morgan fingerprint density at radius 1 is 0.676 bits per heavy atom. The van der Waals surface area contributed by atoms with Gasteiger partial charge in [-0.2, -0.15) is 0 Å². The Kier molecular flexibility index (Phi) is 6.78. The van der Waals surface area contributed by atoms with Crippen molar-refractivity contribution >= 4 is 22.3 Å². The Morgan fingerprint density at radius 3 is 1.62 bits per heavy atom. The monoisotopic (exact) mass is 454 g/mol. The highest BCUT2D eigenvalue weighted by Gasteiger charge is 2.22. The lowest BCUT2D eigenvalue weighted by atomic mass is 9.85. The highest BCUT2D eigenvalue weighted by Crippen LogP contribution is 2.33. The predicted octanol–water partition coefficient (Wildman–Crippen LogP) is 6.66. The number of rotatable bonds is 7. The lowest BCUT2D eigenvalue weighted by molar-refractivity contribution is 0.590. The quantitative estimate of drug-likeness (QED) is 0.313. The van der Waals surface area contributed by atoms with Gasteiger partial charge >= 0.3 is 0 Å². The molecule has 0 atom stereocenters. The molecule has 4 rings (SSSR count). The van der Waals surface area contributed by atoms with E-state index in [1.54, 1.807) is 6.26 Å². The second-order valence-electron chi connectivity index (χ2n) is 9.54. The second-order valence-corrected chi connectivity index (χ2v) is 9.54.